The molecule has 0 saturated carbocycles. The van der Waals surface area contributed by atoms with Gasteiger partial charge in [-0.3, -0.25) is 4.99 Å². The number of benzene rings is 2. The quantitative estimate of drug-likeness (QED) is 0.534. The molecule has 0 bridgehead atoms. The number of rotatable bonds is 7. The van der Waals surface area contributed by atoms with Crippen LogP contribution in [0.4, 0.5) is 0 Å². The summed E-state index contributed by atoms with van der Waals surface area (Å²) in [5.74, 6) is 2.89. The lowest BCUT2D eigenvalue weighted by atomic mass is 10.1. The zero-order valence-corrected chi connectivity index (χ0v) is 18.7. The second-order valence-corrected chi connectivity index (χ2v) is 7.09. The van der Waals surface area contributed by atoms with Crippen molar-refractivity contribution in [2.24, 2.45) is 10.1 Å². The van der Waals surface area contributed by atoms with Crippen LogP contribution in [-0.4, -0.2) is 45.9 Å². The van der Waals surface area contributed by atoms with E-state index < -0.39 is 0 Å². The third kappa shape index (κ3) is 4.18. The molecule has 30 heavy (non-hydrogen) atoms. The number of hydrogen-bond donors (Lipinski definition) is 0. The molecule has 0 aliphatic carbocycles. The summed E-state index contributed by atoms with van der Waals surface area (Å²) in [5, 5.41) is 6.87. The molecular formula is C22H25N3O4S. The maximum Gasteiger partial charge on any atom is 0.205 e. The van der Waals surface area contributed by atoms with Crippen LogP contribution in [0, 0.1) is 0 Å². The van der Waals surface area contributed by atoms with E-state index in [-0.39, 0.29) is 0 Å². The molecule has 3 rings (SSSR count). The summed E-state index contributed by atoms with van der Waals surface area (Å²) in [4.78, 5) is 5.13. The number of thiazole rings is 1. The number of aromatic nitrogens is 1. The van der Waals surface area contributed by atoms with Crippen molar-refractivity contribution in [2.75, 3.05) is 35.5 Å². The van der Waals surface area contributed by atoms with E-state index in [0.29, 0.717) is 5.75 Å². The highest BCUT2D eigenvalue weighted by atomic mass is 32.1. The fourth-order valence-corrected chi connectivity index (χ4v) is 3.84. The Morgan fingerprint density at radius 1 is 0.867 bits per heavy atom. The molecule has 2 aromatic carbocycles. The van der Waals surface area contributed by atoms with Gasteiger partial charge in [0.1, 0.15) is 23.0 Å². The van der Waals surface area contributed by atoms with Crippen LogP contribution >= 0.6 is 11.3 Å². The van der Waals surface area contributed by atoms with Crippen LogP contribution in [0.25, 0.3) is 11.3 Å². The average molecular weight is 428 g/mol. The van der Waals surface area contributed by atoms with Crippen molar-refractivity contribution in [1.82, 2.24) is 4.68 Å². The summed E-state index contributed by atoms with van der Waals surface area (Å²) in [6.45, 7) is 1.92. The number of hydrogen-bond acceptors (Lipinski definition) is 7. The monoisotopic (exact) mass is 427 g/mol. The Bertz CT molecular complexity index is 1130. The van der Waals surface area contributed by atoms with Gasteiger partial charge in [0.2, 0.25) is 4.80 Å². The van der Waals surface area contributed by atoms with Gasteiger partial charge in [-0.25, -0.2) is 4.68 Å². The third-order valence-corrected chi connectivity index (χ3v) is 5.51. The fourth-order valence-electron chi connectivity index (χ4n) is 3.05. The molecule has 0 aliphatic heterocycles. The van der Waals surface area contributed by atoms with Gasteiger partial charge < -0.3 is 18.9 Å². The van der Waals surface area contributed by atoms with Gasteiger partial charge >= 0.3 is 0 Å². The predicted molar refractivity (Wildman–Crippen MR) is 119 cm³/mol. The lowest BCUT2D eigenvalue weighted by Crippen LogP contribution is -2.14. The topological polar surface area (TPSA) is 66.6 Å². The van der Waals surface area contributed by atoms with E-state index in [4.69, 9.17) is 24.0 Å². The highest BCUT2D eigenvalue weighted by molar-refractivity contribution is 7.07. The van der Waals surface area contributed by atoms with Gasteiger partial charge in [0.15, 0.2) is 0 Å². The molecule has 8 heteroatoms. The van der Waals surface area contributed by atoms with Crippen molar-refractivity contribution < 1.29 is 18.9 Å². The zero-order chi connectivity index (χ0) is 21.7. The molecule has 7 nitrogen and oxygen atoms in total. The second-order valence-electron chi connectivity index (χ2n) is 6.26. The second kappa shape index (κ2) is 9.49. The van der Waals surface area contributed by atoms with Gasteiger partial charge in [-0.05, 0) is 43.3 Å². The van der Waals surface area contributed by atoms with Crippen molar-refractivity contribution in [2.45, 2.75) is 6.92 Å². The predicted octanol–water partition coefficient (Wildman–Crippen LogP) is 4.05. The lowest BCUT2D eigenvalue weighted by molar-refractivity contribution is 0.402. The SMILES string of the molecule is CN=c1scc(-c2cc(OC)ccc2OC)n1N=C(C)c1cc(OC)ccc1OC. The molecule has 0 radical (unpaired) electrons. The maximum atomic E-state index is 5.57. The van der Waals surface area contributed by atoms with Gasteiger partial charge in [-0.1, -0.05) is 0 Å². The summed E-state index contributed by atoms with van der Waals surface area (Å²) in [6, 6.07) is 11.3. The van der Waals surface area contributed by atoms with Crippen LogP contribution in [0.15, 0.2) is 51.9 Å². The normalized spacial score (nSPS) is 12.1. The fraction of sp³-hybridized carbons (Fsp3) is 0.273. The minimum absolute atomic E-state index is 0.711. The van der Waals surface area contributed by atoms with Crippen LogP contribution in [0.3, 0.4) is 0 Å². The molecule has 0 saturated heterocycles. The number of methoxy groups -OCH3 is 4. The highest BCUT2D eigenvalue weighted by Gasteiger charge is 2.15. The first-order valence-corrected chi connectivity index (χ1v) is 10.1. The van der Waals surface area contributed by atoms with E-state index in [1.54, 1.807) is 40.2 Å². The van der Waals surface area contributed by atoms with Crippen LogP contribution < -0.4 is 23.7 Å². The Morgan fingerprint density at radius 2 is 1.50 bits per heavy atom. The molecule has 3 aromatic rings. The Kier molecular flexibility index (Phi) is 6.79. The molecule has 0 spiro atoms. The van der Waals surface area contributed by atoms with Gasteiger partial charge in [-0.15, -0.1) is 11.3 Å². The van der Waals surface area contributed by atoms with E-state index in [1.165, 1.54) is 11.3 Å². The Morgan fingerprint density at radius 3 is 2.10 bits per heavy atom. The van der Waals surface area contributed by atoms with E-state index in [9.17, 15) is 0 Å². The largest absolute Gasteiger partial charge is 0.497 e. The summed E-state index contributed by atoms with van der Waals surface area (Å²) < 4.78 is 23.7. The van der Waals surface area contributed by atoms with Gasteiger partial charge in [-0.2, -0.15) is 5.10 Å². The van der Waals surface area contributed by atoms with Crippen LogP contribution in [0.5, 0.6) is 23.0 Å². The third-order valence-electron chi connectivity index (χ3n) is 4.61. The van der Waals surface area contributed by atoms with Crippen molar-refractivity contribution in [3.8, 4) is 34.3 Å². The molecule has 0 unspecified atom stereocenters. The summed E-state index contributed by atoms with van der Waals surface area (Å²) in [7, 11) is 8.29. The minimum Gasteiger partial charge on any atom is -0.497 e. The first-order valence-electron chi connectivity index (χ1n) is 9.20. The molecule has 0 fully saturated rings. The van der Waals surface area contributed by atoms with Crippen LogP contribution in [0.2, 0.25) is 0 Å². The van der Waals surface area contributed by atoms with Crippen molar-refractivity contribution in [3.05, 3.63) is 52.1 Å². The van der Waals surface area contributed by atoms with Gasteiger partial charge in [0.05, 0.1) is 39.8 Å². The standard InChI is InChI=1S/C22H25N3O4S/c1-14(17-11-15(26-3)7-9-20(17)28-5)24-25-19(13-30-22(25)23-2)18-12-16(27-4)8-10-21(18)29-6/h7-13H,1-6H3. The van der Waals surface area contributed by atoms with Crippen LogP contribution in [-0.2, 0) is 0 Å². The van der Waals surface area contributed by atoms with Crippen molar-refractivity contribution in [1.29, 1.82) is 0 Å². The van der Waals surface area contributed by atoms with E-state index in [1.807, 2.05) is 48.7 Å². The Hall–Kier alpha value is -3.26. The maximum absolute atomic E-state index is 5.57. The molecule has 0 amide bonds. The molecule has 0 atom stereocenters. The van der Waals surface area contributed by atoms with E-state index >= 15 is 0 Å². The smallest absolute Gasteiger partial charge is 0.205 e. The highest BCUT2D eigenvalue weighted by Crippen LogP contribution is 2.34. The first kappa shape index (κ1) is 21.4. The summed E-state index contributed by atoms with van der Waals surface area (Å²) >= 11 is 1.50. The van der Waals surface area contributed by atoms with Crippen molar-refractivity contribution in [3.63, 3.8) is 0 Å². The Labute approximate surface area is 179 Å². The van der Waals surface area contributed by atoms with E-state index in [2.05, 4.69) is 4.99 Å². The lowest BCUT2D eigenvalue weighted by Gasteiger charge is -2.13. The average Bonchev–Trinajstić information content (AvgIpc) is 3.20. The van der Waals surface area contributed by atoms with E-state index in [0.717, 1.165) is 44.6 Å². The molecular weight excluding hydrogens is 402 g/mol. The molecule has 1 aromatic heterocycles. The first-order chi connectivity index (χ1) is 14.6. The molecule has 1 heterocycles. The van der Waals surface area contributed by atoms with Crippen LogP contribution in [0.1, 0.15) is 12.5 Å². The zero-order valence-electron chi connectivity index (χ0n) is 17.9. The molecule has 158 valence electrons. The number of ether oxygens (including phenoxy) is 4. The summed E-state index contributed by atoms with van der Waals surface area (Å²) in [6.07, 6.45) is 0. The molecule has 0 N–H and O–H groups in total. The van der Waals surface area contributed by atoms with Gasteiger partial charge in [0.25, 0.3) is 0 Å². The Balaban J connectivity index is 2.21. The number of nitrogens with zero attached hydrogens (tertiary/aromatic N) is 3. The minimum atomic E-state index is 0.711. The summed E-state index contributed by atoms with van der Waals surface area (Å²) in [5.41, 5.74) is 3.29. The van der Waals surface area contributed by atoms with Gasteiger partial charge in [0, 0.05) is 23.6 Å². The van der Waals surface area contributed by atoms with Crippen molar-refractivity contribution >= 4 is 17.0 Å². The molecule has 0 aliphatic rings.